The van der Waals surface area contributed by atoms with Gasteiger partial charge in [-0.15, -0.1) is 0 Å². The summed E-state index contributed by atoms with van der Waals surface area (Å²) in [7, 11) is 0. The van der Waals surface area contributed by atoms with Crippen LogP contribution in [-0.4, -0.2) is 29.7 Å². The van der Waals surface area contributed by atoms with Gasteiger partial charge in [-0.3, -0.25) is 4.79 Å². The smallest absolute Gasteiger partial charge is 0.344 e. The van der Waals surface area contributed by atoms with Crippen molar-refractivity contribution in [2.45, 2.75) is 46.6 Å². The lowest BCUT2D eigenvalue weighted by Crippen LogP contribution is -2.31. The topological polar surface area (TPSA) is 90.7 Å². The van der Waals surface area contributed by atoms with Gasteiger partial charge >= 0.3 is 5.97 Å². The molecule has 2 aromatic rings. The van der Waals surface area contributed by atoms with E-state index in [4.69, 9.17) is 14.0 Å². The fourth-order valence-corrected chi connectivity index (χ4v) is 2.32. The molecule has 1 N–H and O–H groups in total. The summed E-state index contributed by atoms with van der Waals surface area (Å²) in [6.45, 7) is 8.96. The Morgan fingerprint density at radius 2 is 1.92 bits per heavy atom. The van der Waals surface area contributed by atoms with Crippen LogP contribution in [0.15, 0.2) is 28.8 Å². The Morgan fingerprint density at radius 1 is 1.19 bits per heavy atom. The van der Waals surface area contributed by atoms with Gasteiger partial charge in [0.15, 0.2) is 18.5 Å². The Morgan fingerprint density at radius 3 is 2.54 bits per heavy atom. The van der Waals surface area contributed by atoms with Crippen molar-refractivity contribution in [2.75, 3.05) is 11.9 Å². The Kier molecular flexibility index (Phi) is 6.38. The molecule has 1 amide bonds. The lowest BCUT2D eigenvalue weighted by molar-refractivity contribution is -0.155. The standard InChI is InChI=1S/C19H24N2O5/c1-11(2)15-7-6-12(3)8-16(15)24-10-18(22)25-14(5)19(23)20-17-9-13(4)26-21-17/h6-9,11,14H,10H2,1-5H3,(H,20,21,23). The molecule has 0 saturated heterocycles. The summed E-state index contributed by atoms with van der Waals surface area (Å²) in [5, 5.41) is 6.17. The quantitative estimate of drug-likeness (QED) is 0.761. The number of rotatable bonds is 7. The molecule has 2 rings (SSSR count). The van der Waals surface area contributed by atoms with Crippen molar-refractivity contribution in [3.05, 3.63) is 41.2 Å². The van der Waals surface area contributed by atoms with Gasteiger partial charge in [-0.25, -0.2) is 4.79 Å². The molecule has 0 saturated carbocycles. The Bertz CT molecular complexity index is 782. The number of nitrogens with zero attached hydrogens (tertiary/aromatic N) is 1. The minimum Gasteiger partial charge on any atom is -0.482 e. The van der Waals surface area contributed by atoms with Crippen molar-refractivity contribution in [2.24, 2.45) is 0 Å². The minimum atomic E-state index is -0.981. The number of benzene rings is 1. The molecule has 0 fully saturated rings. The van der Waals surface area contributed by atoms with Crippen molar-refractivity contribution >= 4 is 17.7 Å². The van der Waals surface area contributed by atoms with Crippen molar-refractivity contribution < 1.29 is 23.6 Å². The molecule has 1 aromatic carbocycles. The van der Waals surface area contributed by atoms with E-state index >= 15 is 0 Å². The molecule has 1 heterocycles. The fraction of sp³-hybridized carbons (Fsp3) is 0.421. The number of nitrogens with one attached hydrogen (secondary N) is 1. The lowest BCUT2D eigenvalue weighted by Gasteiger charge is -2.16. The van der Waals surface area contributed by atoms with Crippen molar-refractivity contribution in [1.29, 1.82) is 0 Å². The Labute approximate surface area is 152 Å². The number of amides is 1. The van der Waals surface area contributed by atoms with Crippen LogP contribution >= 0.6 is 0 Å². The highest BCUT2D eigenvalue weighted by atomic mass is 16.6. The zero-order valence-electron chi connectivity index (χ0n) is 15.7. The highest BCUT2D eigenvalue weighted by Gasteiger charge is 2.20. The number of aromatic nitrogens is 1. The predicted molar refractivity (Wildman–Crippen MR) is 96.2 cm³/mol. The average Bonchev–Trinajstić information content (AvgIpc) is 2.97. The molecule has 140 valence electrons. The van der Waals surface area contributed by atoms with E-state index in [-0.39, 0.29) is 18.3 Å². The fourth-order valence-electron chi connectivity index (χ4n) is 2.32. The average molecular weight is 360 g/mol. The summed E-state index contributed by atoms with van der Waals surface area (Å²) in [6, 6.07) is 7.43. The summed E-state index contributed by atoms with van der Waals surface area (Å²) in [4.78, 5) is 24.0. The van der Waals surface area contributed by atoms with Crippen LogP contribution in [0.2, 0.25) is 0 Å². The maximum atomic E-state index is 12.0. The van der Waals surface area contributed by atoms with Crippen LogP contribution in [0.5, 0.6) is 5.75 Å². The second-order valence-corrected chi connectivity index (χ2v) is 6.43. The summed E-state index contributed by atoms with van der Waals surface area (Å²) >= 11 is 0. The van der Waals surface area contributed by atoms with E-state index in [2.05, 4.69) is 10.5 Å². The third-order valence-corrected chi connectivity index (χ3v) is 3.69. The molecule has 1 unspecified atom stereocenters. The highest BCUT2D eigenvalue weighted by Crippen LogP contribution is 2.27. The minimum absolute atomic E-state index is 0.261. The van der Waals surface area contributed by atoms with Crippen LogP contribution in [0.4, 0.5) is 5.82 Å². The molecule has 26 heavy (non-hydrogen) atoms. The molecule has 1 atom stereocenters. The summed E-state index contributed by atoms with van der Waals surface area (Å²) in [6.07, 6.45) is -0.981. The lowest BCUT2D eigenvalue weighted by atomic mass is 10.0. The molecule has 7 heteroatoms. The predicted octanol–water partition coefficient (Wildman–Crippen LogP) is 3.36. The van der Waals surface area contributed by atoms with E-state index < -0.39 is 18.0 Å². The molecule has 1 aromatic heterocycles. The SMILES string of the molecule is Cc1ccc(C(C)C)c(OCC(=O)OC(C)C(=O)Nc2cc(C)on2)c1. The van der Waals surface area contributed by atoms with E-state index in [0.717, 1.165) is 11.1 Å². The van der Waals surface area contributed by atoms with Crippen LogP contribution in [0.3, 0.4) is 0 Å². The largest absolute Gasteiger partial charge is 0.482 e. The molecule has 0 aliphatic rings. The first-order valence-electron chi connectivity index (χ1n) is 8.43. The van der Waals surface area contributed by atoms with Crippen LogP contribution in [0.1, 0.15) is 43.6 Å². The van der Waals surface area contributed by atoms with Crippen LogP contribution in [0.25, 0.3) is 0 Å². The monoisotopic (exact) mass is 360 g/mol. The van der Waals surface area contributed by atoms with E-state index in [1.165, 1.54) is 6.92 Å². The van der Waals surface area contributed by atoms with E-state index in [1.54, 1.807) is 13.0 Å². The van der Waals surface area contributed by atoms with E-state index in [9.17, 15) is 9.59 Å². The molecule has 7 nitrogen and oxygen atoms in total. The van der Waals surface area contributed by atoms with E-state index in [0.29, 0.717) is 11.5 Å². The third kappa shape index (κ3) is 5.34. The van der Waals surface area contributed by atoms with Gasteiger partial charge in [-0.05, 0) is 43.9 Å². The van der Waals surface area contributed by atoms with Gasteiger partial charge in [0.1, 0.15) is 11.5 Å². The molecular formula is C19H24N2O5. The van der Waals surface area contributed by atoms with Crippen molar-refractivity contribution in [1.82, 2.24) is 5.16 Å². The van der Waals surface area contributed by atoms with Gasteiger partial charge in [0.2, 0.25) is 0 Å². The third-order valence-electron chi connectivity index (χ3n) is 3.69. The Hall–Kier alpha value is -2.83. The first-order valence-corrected chi connectivity index (χ1v) is 8.43. The van der Waals surface area contributed by atoms with Crippen LogP contribution in [-0.2, 0) is 14.3 Å². The van der Waals surface area contributed by atoms with Gasteiger partial charge in [0, 0.05) is 6.07 Å². The second-order valence-electron chi connectivity index (χ2n) is 6.43. The highest BCUT2D eigenvalue weighted by molar-refractivity contribution is 5.94. The molecule has 0 aliphatic carbocycles. The zero-order chi connectivity index (χ0) is 19.3. The van der Waals surface area contributed by atoms with Crippen molar-refractivity contribution in [3.8, 4) is 5.75 Å². The Balaban J connectivity index is 1.88. The van der Waals surface area contributed by atoms with Crippen molar-refractivity contribution in [3.63, 3.8) is 0 Å². The number of carbonyl (C=O) groups is 2. The van der Waals surface area contributed by atoms with Gasteiger partial charge < -0.3 is 19.3 Å². The number of hydrogen-bond acceptors (Lipinski definition) is 6. The number of carbonyl (C=O) groups excluding carboxylic acids is 2. The molecular weight excluding hydrogens is 336 g/mol. The summed E-state index contributed by atoms with van der Waals surface area (Å²) in [5.41, 5.74) is 2.05. The van der Waals surface area contributed by atoms with Crippen LogP contribution in [0, 0.1) is 13.8 Å². The molecule has 0 bridgehead atoms. The number of aryl methyl sites for hydroxylation is 2. The number of hydrogen-bond donors (Lipinski definition) is 1. The molecule has 0 aliphatic heterocycles. The maximum Gasteiger partial charge on any atom is 0.344 e. The first-order chi connectivity index (χ1) is 12.3. The zero-order valence-corrected chi connectivity index (χ0v) is 15.7. The first kappa shape index (κ1) is 19.5. The summed E-state index contributed by atoms with van der Waals surface area (Å²) < 4.78 is 15.6. The molecule has 0 spiro atoms. The van der Waals surface area contributed by atoms with E-state index in [1.807, 2.05) is 39.0 Å². The maximum absolute atomic E-state index is 12.0. The van der Waals surface area contributed by atoms with Gasteiger partial charge in [0.05, 0.1) is 0 Å². The number of esters is 1. The molecule has 0 radical (unpaired) electrons. The van der Waals surface area contributed by atoms with Crippen LogP contribution < -0.4 is 10.1 Å². The second kappa shape index (κ2) is 8.51. The van der Waals surface area contributed by atoms with Gasteiger partial charge in [0.25, 0.3) is 5.91 Å². The summed E-state index contributed by atoms with van der Waals surface area (Å²) in [5.74, 6) is 0.625. The number of anilines is 1. The van der Waals surface area contributed by atoms with Gasteiger partial charge in [-0.1, -0.05) is 31.1 Å². The van der Waals surface area contributed by atoms with Gasteiger partial charge in [-0.2, -0.15) is 0 Å². The number of ether oxygens (including phenoxy) is 2. The normalized spacial score (nSPS) is 11.9.